The SMILES string of the molecule is C=CC(C)(C)C(=C)[C@H](C)C[C@@](C)(C[C@@H](C)N(C)C(C)C(NC(C)=O)C(C)CCC)OC. The molecule has 0 aromatic carbocycles. The van der Waals surface area contributed by atoms with Gasteiger partial charge in [-0.05, 0) is 58.9 Å². The molecule has 0 fully saturated rings. The number of carbonyl (C=O) groups excluding carboxylic acids is 1. The number of likely N-dealkylation sites (N-methyl/N-ethyl adjacent to an activating group) is 1. The number of amides is 1. The quantitative estimate of drug-likeness (QED) is 0.310. The van der Waals surface area contributed by atoms with E-state index in [2.05, 4.69) is 85.8 Å². The zero-order chi connectivity index (χ0) is 24.6. The summed E-state index contributed by atoms with van der Waals surface area (Å²) in [6.45, 7) is 27.7. The van der Waals surface area contributed by atoms with Crippen LogP contribution in [0.4, 0.5) is 0 Å². The van der Waals surface area contributed by atoms with E-state index in [1.807, 2.05) is 13.2 Å². The van der Waals surface area contributed by atoms with E-state index in [9.17, 15) is 4.79 Å². The van der Waals surface area contributed by atoms with E-state index in [0.717, 1.165) is 25.7 Å². The van der Waals surface area contributed by atoms with Crippen molar-refractivity contribution in [3.8, 4) is 0 Å². The first-order valence-corrected chi connectivity index (χ1v) is 12.0. The van der Waals surface area contributed by atoms with Gasteiger partial charge in [0.25, 0.3) is 0 Å². The Labute approximate surface area is 193 Å². The van der Waals surface area contributed by atoms with Gasteiger partial charge >= 0.3 is 0 Å². The largest absolute Gasteiger partial charge is 0.378 e. The highest BCUT2D eigenvalue weighted by Crippen LogP contribution is 2.37. The highest BCUT2D eigenvalue weighted by atomic mass is 16.5. The maximum absolute atomic E-state index is 11.9. The highest BCUT2D eigenvalue weighted by Gasteiger charge is 2.35. The molecule has 0 saturated heterocycles. The Kier molecular flexibility index (Phi) is 12.3. The molecule has 3 unspecified atom stereocenters. The second kappa shape index (κ2) is 12.8. The van der Waals surface area contributed by atoms with Crippen LogP contribution >= 0.6 is 0 Å². The molecular weight excluding hydrogens is 384 g/mol. The van der Waals surface area contributed by atoms with Crippen molar-refractivity contribution in [3.05, 3.63) is 24.8 Å². The first-order chi connectivity index (χ1) is 14.2. The summed E-state index contributed by atoms with van der Waals surface area (Å²) in [5.41, 5.74) is 0.844. The first-order valence-electron chi connectivity index (χ1n) is 12.0. The summed E-state index contributed by atoms with van der Waals surface area (Å²) >= 11 is 0. The molecule has 0 heterocycles. The van der Waals surface area contributed by atoms with Gasteiger partial charge in [0, 0.05) is 37.6 Å². The number of rotatable bonds is 15. The second-order valence-electron chi connectivity index (χ2n) is 10.7. The molecule has 0 aromatic rings. The molecule has 0 rings (SSSR count). The van der Waals surface area contributed by atoms with Crippen molar-refractivity contribution in [2.75, 3.05) is 14.2 Å². The fourth-order valence-electron chi connectivity index (χ4n) is 4.82. The summed E-state index contributed by atoms with van der Waals surface area (Å²) < 4.78 is 6.05. The van der Waals surface area contributed by atoms with Gasteiger partial charge in [-0.2, -0.15) is 0 Å². The lowest BCUT2D eigenvalue weighted by Gasteiger charge is -2.42. The van der Waals surface area contributed by atoms with Crippen molar-refractivity contribution < 1.29 is 9.53 Å². The van der Waals surface area contributed by atoms with Crippen molar-refractivity contribution >= 4 is 5.91 Å². The van der Waals surface area contributed by atoms with Crippen LogP contribution in [0.15, 0.2) is 24.8 Å². The van der Waals surface area contributed by atoms with Crippen molar-refractivity contribution in [2.45, 2.75) is 112 Å². The zero-order valence-electron chi connectivity index (χ0n) is 22.5. The van der Waals surface area contributed by atoms with Crippen LogP contribution in [0.2, 0.25) is 0 Å². The van der Waals surface area contributed by atoms with Gasteiger partial charge in [0.1, 0.15) is 0 Å². The van der Waals surface area contributed by atoms with Crippen LogP contribution < -0.4 is 5.32 Å². The number of ether oxygens (including phenoxy) is 1. The second-order valence-corrected chi connectivity index (χ2v) is 10.7. The lowest BCUT2D eigenvalue weighted by Crippen LogP contribution is -2.55. The van der Waals surface area contributed by atoms with E-state index in [1.165, 1.54) is 5.57 Å². The number of nitrogens with zero attached hydrogens (tertiary/aromatic N) is 1. The summed E-state index contributed by atoms with van der Waals surface area (Å²) in [4.78, 5) is 14.3. The summed E-state index contributed by atoms with van der Waals surface area (Å²) in [6.07, 6.45) is 6.02. The molecule has 0 bridgehead atoms. The molecule has 0 radical (unpaired) electrons. The van der Waals surface area contributed by atoms with Gasteiger partial charge < -0.3 is 10.1 Å². The Morgan fingerprint density at radius 1 is 1.16 bits per heavy atom. The zero-order valence-corrected chi connectivity index (χ0v) is 22.5. The molecule has 6 atom stereocenters. The van der Waals surface area contributed by atoms with Gasteiger partial charge in [0.05, 0.1) is 5.60 Å². The molecule has 1 N–H and O–H groups in total. The maximum Gasteiger partial charge on any atom is 0.217 e. The topological polar surface area (TPSA) is 41.6 Å². The Balaban J connectivity index is 5.38. The van der Waals surface area contributed by atoms with Crippen LogP contribution in [0.25, 0.3) is 0 Å². The Morgan fingerprint density at radius 3 is 2.13 bits per heavy atom. The van der Waals surface area contributed by atoms with Gasteiger partial charge in [0.15, 0.2) is 0 Å². The van der Waals surface area contributed by atoms with Gasteiger partial charge in [-0.3, -0.25) is 9.69 Å². The van der Waals surface area contributed by atoms with Crippen LogP contribution in [-0.4, -0.2) is 48.7 Å². The Hall–Kier alpha value is -1.13. The van der Waals surface area contributed by atoms with Gasteiger partial charge in [0.2, 0.25) is 5.91 Å². The molecule has 0 saturated carbocycles. The third kappa shape index (κ3) is 9.10. The molecule has 0 aromatic heterocycles. The monoisotopic (exact) mass is 436 g/mol. The molecule has 182 valence electrons. The van der Waals surface area contributed by atoms with Crippen molar-refractivity contribution in [3.63, 3.8) is 0 Å². The fraction of sp³-hybridized carbons (Fsp3) is 0.815. The van der Waals surface area contributed by atoms with E-state index in [4.69, 9.17) is 4.74 Å². The predicted octanol–water partition coefficient (Wildman–Crippen LogP) is 6.23. The summed E-state index contributed by atoms with van der Waals surface area (Å²) in [7, 11) is 3.98. The minimum absolute atomic E-state index is 0.0414. The van der Waals surface area contributed by atoms with Crippen molar-refractivity contribution in [1.82, 2.24) is 10.2 Å². The third-order valence-corrected chi connectivity index (χ3v) is 7.48. The van der Waals surface area contributed by atoms with Crippen molar-refractivity contribution in [2.24, 2.45) is 17.3 Å². The van der Waals surface area contributed by atoms with Gasteiger partial charge in [-0.15, -0.1) is 6.58 Å². The third-order valence-electron chi connectivity index (χ3n) is 7.48. The lowest BCUT2D eigenvalue weighted by molar-refractivity contribution is -0.120. The van der Waals surface area contributed by atoms with E-state index in [0.29, 0.717) is 17.9 Å². The molecular formula is C27H52N2O2. The average molecular weight is 437 g/mol. The smallest absolute Gasteiger partial charge is 0.217 e. The van der Waals surface area contributed by atoms with Crippen molar-refractivity contribution in [1.29, 1.82) is 0 Å². The van der Waals surface area contributed by atoms with Gasteiger partial charge in [-0.1, -0.05) is 59.3 Å². The Morgan fingerprint density at radius 2 is 1.71 bits per heavy atom. The van der Waals surface area contributed by atoms with E-state index in [-0.39, 0.29) is 29.0 Å². The number of nitrogens with one attached hydrogen (secondary N) is 1. The van der Waals surface area contributed by atoms with E-state index >= 15 is 0 Å². The van der Waals surface area contributed by atoms with Crippen LogP contribution in [0.5, 0.6) is 0 Å². The standard InChI is InChI=1S/C27H52N2O2/c1-14-16-19(3)25(28-24(8)30)23(7)29(12)21(5)18-27(11,31-13)17-20(4)22(6)26(9,10)15-2/h15,19-21,23,25H,2,6,14,16-18H2,1,3-5,7-13H3,(H,28,30)/t19?,20-,21-,23?,25?,27+/m1/s1. The highest BCUT2D eigenvalue weighted by molar-refractivity contribution is 5.73. The van der Waals surface area contributed by atoms with Gasteiger partial charge in [-0.25, -0.2) is 0 Å². The normalized spacial score (nSPS) is 19.1. The molecule has 0 spiro atoms. The molecule has 0 aliphatic rings. The number of hydrogen-bond acceptors (Lipinski definition) is 3. The van der Waals surface area contributed by atoms with Crippen LogP contribution in [-0.2, 0) is 9.53 Å². The summed E-state index contributed by atoms with van der Waals surface area (Å²) in [5.74, 6) is 0.793. The molecule has 4 heteroatoms. The number of hydrogen-bond donors (Lipinski definition) is 1. The summed E-state index contributed by atoms with van der Waals surface area (Å²) in [5, 5.41) is 3.21. The fourth-order valence-corrected chi connectivity index (χ4v) is 4.82. The van der Waals surface area contributed by atoms with Crippen LogP contribution in [0.3, 0.4) is 0 Å². The molecule has 4 nitrogen and oxygen atoms in total. The lowest BCUT2D eigenvalue weighted by atomic mass is 9.74. The number of carbonyl (C=O) groups is 1. The number of methoxy groups -OCH3 is 1. The molecule has 0 aliphatic heterocycles. The van der Waals surface area contributed by atoms with Crippen LogP contribution in [0.1, 0.15) is 88.0 Å². The maximum atomic E-state index is 11.9. The average Bonchev–Trinajstić information content (AvgIpc) is 2.69. The molecule has 31 heavy (non-hydrogen) atoms. The number of allylic oxidation sites excluding steroid dienone is 2. The first kappa shape index (κ1) is 29.9. The predicted molar refractivity (Wildman–Crippen MR) is 135 cm³/mol. The minimum Gasteiger partial charge on any atom is -0.378 e. The van der Waals surface area contributed by atoms with E-state index in [1.54, 1.807) is 6.92 Å². The minimum atomic E-state index is -0.258. The van der Waals surface area contributed by atoms with E-state index < -0.39 is 0 Å². The molecule has 0 aliphatic carbocycles. The summed E-state index contributed by atoms with van der Waals surface area (Å²) in [6, 6.07) is 0.664. The Bertz CT molecular complexity index is 586. The van der Waals surface area contributed by atoms with Crippen LogP contribution in [0, 0.1) is 17.3 Å². The molecule has 1 amide bonds.